The number of ether oxygens (including phenoxy) is 1. The first-order valence-electron chi connectivity index (χ1n) is 4.41. The number of amides is 1. The van der Waals surface area contributed by atoms with Gasteiger partial charge >= 0.3 is 0 Å². The van der Waals surface area contributed by atoms with E-state index in [9.17, 15) is 4.79 Å². The van der Waals surface area contributed by atoms with Gasteiger partial charge in [0.1, 0.15) is 5.82 Å². The van der Waals surface area contributed by atoms with Crippen LogP contribution < -0.4 is 4.90 Å². The van der Waals surface area contributed by atoms with Crippen molar-refractivity contribution >= 4 is 12.2 Å². The summed E-state index contributed by atoms with van der Waals surface area (Å²) in [5.74, 6) is 0.655. The maximum atomic E-state index is 10.7. The van der Waals surface area contributed by atoms with Crippen molar-refractivity contribution in [2.45, 2.75) is 6.92 Å². The standard InChI is InChI=1S/C10H14N2O2/c1-9-3-4-10(11-7-9)12(8-13)5-6-14-2/h3-4,7-8H,5-6H2,1-2H3. The van der Waals surface area contributed by atoms with Crippen LogP contribution in [0.2, 0.25) is 0 Å². The smallest absolute Gasteiger partial charge is 0.215 e. The van der Waals surface area contributed by atoms with Gasteiger partial charge < -0.3 is 4.74 Å². The van der Waals surface area contributed by atoms with Crippen LogP contribution in [-0.2, 0) is 9.53 Å². The van der Waals surface area contributed by atoms with Gasteiger partial charge in [-0.3, -0.25) is 9.69 Å². The van der Waals surface area contributed by atoms with Gasteiger partial charge in [0, 0.05) is 13.3 Å². The van der Waals surface area contributed by atoms with Crippen LogP contribution in [0.3, 0.4) is 0 Å². The molecule has 76 valence electrons. The van der Waals surface area contributed by atoms with E-state index >= 15 is 0 Å². The Kier molecular flexibility index (Phi) is 4.07. The zero-order valence-electron chi connectivity index (χ0n) is 8.43. The summed E-state index contributed by atoms with van der Waals surface area (Å²) in [6.07, 6.45) is 2.50. The minimum atomic E-state index is 0.508. The quantitative estimate of drug-likeness (QED) is 0.657. The molecule has 0 spiro atoms. The topological polar surface area (TPSA) is 42.4 Å². The van der Waals surface area contributed by atoms with Gasteiger partial charge in [0.2, 0.25) is 6.41 Å². The number of carbonyl (C=O) groups is 1. The molecule has 1 heterocycles. The first-order chi connectivity index (χ1) is 6.77. The van der Waals surface area contributed by atoms with Crippen molar-refractivity contribution in [3.05, 3.63) is 23.9 Å². The van der Waals surface area contributed by atoms with E-state index in [4.69, 9.17) is 4.74 Å². The van der Waals surface area contributed by atoms with Crippen molar-refractivity contribution in [1.82, 2.24) is 4.98 Å². The van der Waals surface area contributed by atoms with Crippen molar-refractivity contribution in [3.63, 3.8) is 0 Å². The number of aromatic nitrogens is 1. The number of carbonyl (C=O) groups excluding carboxylic acids is 1. The van der Waals surface area contributed by atoms with Gasteiger partial charge in [-0.1, -0.05) is 6.07 Å². The minimum Gasteiger partial charge on any atom is -0.383 e. The molecule has 0 atom stereocenters. The summed E-state index contributed by atoms with van der Waals surface area (Å²) < 4.78 is 4.89. The van der Waals surface area contributed by atoms with Gasteiger partial charge in [0.15, 0.2) is 0 Å². The second-order valence-corrected chi connectivity index (χ2v) is 2.99. The minimum absolute atomic E-state index is 0.508. The van der Waals surface area contributed by atoms with Crippen LogP contribution >= 0.6 is 0 Å². The number of methoxy groups -OCH3 is 1. The molecule has 4 nitrogen and oxygen atoms in total. The number of pyridine rings is 1. The van der Waals surface area contributed by atoms with Crippen LogP contribution in [0, 0.1) is 6.92 Å². The van der Waals surface area contributed by atoms with Crippen LogP contribution in [0.4, 0.5) is 5.82 Å². The summed E-state index contributed by atoms with van der Waals surface area (Å²) in [5.41, 5.74) is 1.08. The number of nitrogens with zero attached hydrogens (tertiary/aromatic N) is 2. The predicted molar refractivity (Wildman–Crippen MR) is 54.3 cm³/mol. The molecule has 1 amide bonds. The SMILES string of the molecule is COCCN(C=O)c1ccc(C)cn1. The first-order valence-corrected chi connectivity index (χ1v) is 4.41. The lowest BCUT2D eigenvalue weighted by atomic mass is 10.3. The molecule has 4 heteroatoms. The summed E-state index contributed by atoms with van der Waals surface area (Å²) in [6, 6.07) is 3.74. The third-order valence-electron chi connectivity index (χ3n) is 1.85. The van der Waals surface area contributed by atoms with E-state index in [-0.39, 0.29) is 0 Å². The molecule has 0 bridgehead atoms. The highest BCUT2D eigenvalue weighted by Crippen LogP contribution is 2.08. The molecule has 0 aliphatic carbocycles. The van der Waals surface area contributed by atoms with Gasteiger partial charge in [0.25, 0.3) is 0 Å². The highest BCUT2D eigenvalue weighted by Gasteiger charge is 2.04. The summed E-state index contributed by atoms with van der Waals surface area (Å²) in [4.78, 5) is 16.4. The van der Waals surface area contributed by atoms with Crippen molar-refractivity contribution < 1.29 is 9.53 Å². The molecule has 0 fully saturated rings. The Morgan fingerprint density at radius 3 is 2.86 bits per heavy atom. The lowest BCUT2D eigenvalue weighted by Crippen LogP contribution is -2.26. The fourth-order valence-corrected chi connectivity index (χ4v) is 1.04. The van der Waals surface area contributed by atoms with Gasteiger partial charge in [-0.25, -0.2) is 4.98 Å². The molecule has 1 rings (SSSR count). The number of aryl methyl sites for hydroxylation is 1. The van der Waals surface area contributed by atoms with E-state index in [1.54, 1.807) is 13.3 Å². The normalized spacial score (nSPS) is 9.86. The maximum Gasteiger partial charge on any atom is 0.215 e. The van der Waals surface area contributed by atoms with Crippen LogP contribution in [0.5, 0.6) is 0 Å². The molecule has 0 saturated heterocycles. The Morgan fingerprint density at radius 2 is 2.36 bits per heavy atom. The summed E-state index contributed by atoms with van der Waals surface area (Å²) in [5, 5.41) is 0. The van der Waals surface area contributed by atoms with Gasteiger partial charge in [-0.15, -0.1) is 0 Å². The summed E-state index contributed by atoms with van der Waals surface area (Å²) in [6.45, 7) is 2.99. The Bertz CT molecular complexity index is 285. The lowest BCUT2D eigenvalue weighted by Gasteiger charge is -2.15. The molecule has 0 aliphatic heterocycles. The molecule has 1 aromatic rings. The second kappa shape index (κ2) is 5.34. The first kappa shape index (κ1) is 10.7. The summed E-state index contributed by atoms with van der Waals surface area (Å²) >= 11 is 0. The van der Waals surface area contributed by atoms with Crippen LogP contribution in [0.1, 0.15) is 5.56 Å². The van der Waals surface area contributed by atoms with Gasteiger partial charge in [-0.05, 0) is 18.6 Å². The van der Waals surface area contributed by atoms with Crippen LogP contribution in [-0.4, -0.2) is 31.7 Å². The molecule has 0 aromatic carbocycles. The van der Waals surface area contributed by atoms with E-state index in [0.29, 0.717) is 19.0 Å². The van der Waals surface area contributed by atoms with E-state index < -0.39 is 0 Å². The van der Waals surface area contributed by atoms with Crippen LogP contribution in [0.15, 0.2) is 18.3 Å². The Labute approximate surface area is 83.5 Å². The summed E-state index contributed by atoms with van der Waals surface area (Å²) in [7, 11) is 1.60. The van der Waals surface area contributed by atoms with Crippen molar-refractivity contribution in [2.75, 3.05) is 25.2 Å². The third-order valence-corrected chi connectivity index (χ3v) is 1.85. The lowest BCUT2D eigenvalue weighted by molar-refractivity contribution is -0.107. The molecule has 1 aromatic heterocycles. The predicted octanol–water partition coefficient (Wildman–Crippen LogP) is 0.999. The average Bonchev–Trinajstić information content (AvgIpc) is 2.21. The number of anilines is 1. The highest BCUT2D eigenvalue weighted by molar-refractivity contribution is 5.72. The fourth-order valence-electron chi connectivity index (χ4n) is 1.04. The largest absolute Gasteiger partial charge is 0.383 e. The zero-order valence-corrected chi connectivity index (χ0v) is 8.43. The van der Waals surface area contributed by atoms with Crippen LogP contribution in [0.25, 0.3) is 0 Å². The van der Waals surface area contributed by atoms with E-state index in [1.807, 2.05) is 19.1 Å². The number of hydrogen-bond acceptors (Lipinski definition) is 3. The monoisotopic (exact) mass is 194 g/mol. The maximum absolute atomic E-state index is 10.7. The zero-order chi connectivity index (χ0) is 10.4. The average molecular weight is 194 g/mol. The van der Waals surface area contributed by atoms with Gasteiger partial charge in [0.05, 0.1) is 13.2 Å². The Hall–Kier alpha value is -1.42. The van der Waals surface area contributed by atoms with Crippen molar-refractivity contribution in [3.8, 4) is 0 Å². The van der Waals surface area contributed by atoms with E-state index in [1.165, 1.54) is 4.90 Å². The molecular formula is C10H14N2O2. The second-order valence-electron chi connectivity index (χ2n) is 2.99. The highest BCUT2D eigenvalue weighted by atomic mass is 16.5. The molecule has 14 heavy (non-hydrogen) atoms. The van der Waals surface area contributed by atoms with E-state index in [0.717, 1.165) is 12.0 Å². The number of rotatable bonds is 5. The van der Waals surface area contributed by atoms with Gasteiger partial charge in [-0.2, -0.15) is 0 Å². The Morgan fingerprint density at radius 1 is 1.57 bits per heavy atom. The Balaban J connectivity index is 2.68. The van der Waals surface area contributed by atoms with Crippen molar-refractivity contribution in [2.24, 2.45) is 0 Å². The molecule has 0 aliphatic rings. The molecular weight excluding hydrogens is 180 g/mol. The third kappa shape index (κ3) is 2.81. The fraction of sp³-hybridized carbons (Fsp3) is 0.400. The molecule has 0 unspecified atom stereocenters. The van der Waals surface area contributed by atoms with Crippen molar-refractivity contribution in [1.29, 1.82) is 0 Å². The molecule has 0 radical (unpaired) electrons. The number of hydrogen-bond donors (Lipinski definition) is 0. The molecule has 0 N–H and O–H groups in total. The molecule has 0 saturated carbocycles. The van der Waals surface area contributed by atoms with E-state index in [2.05, 4.69) is 4.98 Å².